The predicted octanol–water partition coefficient (Wildman–Crippen LogP) is 2.41. The molecule has 144 valence electrons. The highest BCUT2D eigenvalue weighted by Crippen LogP contribution is 2.36. The number of fused-ring (bicyclic) bond motifs is 1. The van der Waals surface area contributed by atoms with Gasteiger partial charge in [0.1, 0.15) is 6.54 Å². The summed E-state index contributed by atoms with van der Waals surface area (Å²) in [4.78, 5) is 24.3. The Kier molecular flexibility index (Phi) is 4.81. The lowest BCUT2D eigenvalue weighted by atomic mass is 9.78. The maximum atomic E-state index is 12.8. The first-order chi connectivity index (χ1) is 12.4. The van der Waals surface area contributed by atoms with Crippen molar-refractivity contribution in [3.8, 4) is 0 Å². The summed E-state index contributed by atoms with van der Waals surface area (Å²) in [5.41, 5.74) is 0.510. The van der Waals surface area contributed by atoms with Gasteiger partial charge in [0.15, 0.2) is 5.78 Å². The Morgan fingerprint density at radius 1 is 1.15 bits per heavy atom. The van der Waals surface area contributed by atoms with E-state index in [-0.39, 0.29) is 23.8 Å². The molecule has 0 atom stereocenters. The lowest BCUT2D eigenvalue weighted by molar-refractivity contribution is -0.117. The molecule has 1 aromatic carbocycles. The van der Waals surface area contributed by atoms with Crippen molar-refractivity contribution in [1.29, 1.82) is 0 Å². The summed E-state index contributed by atoms with van der Waals surface area (Å²) in [5, 5.41) is 5.80. The highest BCUT2D eigenvalue weighted by Gasteiger charge is 2.51. The van der Waals surface area contributed by atoms with E-state index in [0.717, 1.165) is 16.5 Å². The summed E-state index contributed by atoms with van der Waals surface area (Å²) < 4.78 is 13.5. The molecule has 0 radical (unpaired) electrons. The van der Waals surface area contributed by atoms with Crippen molar-refractivity contribution < 1.29 is 14.1 Å². The fraction of sp³-hybridized carbons (Fsp3) is 0.550. The third-order valence-corrected chi connectivity index (χ3v) is 5.46. The molecular weight excluding hydrogens is 343 g/mol. The van der Waals surface area contributed by atoms with Gasteiger partial charge in [-0.3, -0.25) is 9.59 Å². The summed E-state index contributed by atoms with van der Waals surface area (Å²) in [6.07, 6.45) is 0. The standard InChI is InChI=1S/C20H27BN2O4/c1-12(2)17-16-10-14(21-26-19(4,5)20(6,7)27-21)8-9-15(16)18(25)23(22-17)11-13(3)24/h8-10,12H,11H2,1-7H3. The number of rotatable bonds is 4. The first-order valence-electron chi connectivity index (χ1n) is 9.32. The van der Waals surface area contributed by atoms with Gasteiger partial charge in [-0.05, 0) is 52.1 Å². The van der Waals surface area contributed by atoms with Gasteiger partial charge in [-0.2, -0.15) is 5.10 Å². The molecule has 0 spiro atoms. The van der Waals surface area contributed by atoms with Crippen molar-refractivity contribution in [2.45, 2.75) is 72.1 Å². The second-order valence-electron chi connectivity index (χ2n) is 8.60. The van der Waals surface area contributed by atoms with Crippen LogP contribution in [0.3, 0.4) is 0 Å². The molecule has 1 saturated heterocycles. The monoisotopic (exact) mass is 370 g/mol. The molecule has 0 unspecified atom stereocenters. The zero-order valence-electron chi connectivity index (χ0n) is 17.1. The number of ketones is 1. The highest BCUT2D eigenvalue weighted by atomic mass is 16.7. The number of aromatic nitrogens is 2. The van der Waals surface area contributed by atoms with Gasteiger partial charge in [-0.15, -0.1) is 0 Å². The Labute approximate surface area is 160 Å². The molecule has 6 nitrogen and oxygen atoms in total. The Morgan fingerprint density at radius 2 is 1.74 bits per heavy atom. The molecule has 0 saturated carbocycles. The molecule has 0 N–H and O–H groups in total. The topological polar surface area (TPSA) is 70.4 Å². The number of carbonyl (C=O) groups is 1. The third-order valence-electron chi connectivity index (χ3n) is 5.46. The molecular formula is C20H27BN2O4. The minimum atomic E-state index is -0.501. The van der Waals surface area contributed by atoms with Crippen LogP contribution in [-0.2, 0) is 20.6 Å². The van der Waals surface area contributed by atoms with Gasteiger partial charge in [-0.25, -0.2) is 4.68 Å². The summed E-state index contributed by atoms with van der Waals surface area (Å²) in [7, 11) is -0.501. The summed E-state index contributed by atoms with van der Waals surface area (Å²) >= 11 is 0. The van der Waals surface area contributed by atoms with Crippen molar-refractivity contribution in [3.05, 3.63) is 34.2 Å². The van der Waals surface area contributed by atoms with Crippen molar-refractivity contribution in [2.24, 2.45) is 0 Å². The van der Waals surface area contributed by atoms with E-state index in [2.05, 4.69) is 5.10 Å². The normalized spacial score (nSPS) is 18.4. The number of benzene rings is 1. The molecule has 3 rings (SSSR count). The minimum Gasteiger partial charge on any atom is -0.399 e. The Hall–Kier alpha value is -1.99. The van der Waals surface area contributed by atoms with Crippen LogP contribution in [0.5, 0.6) is 0 Å². The Bertz CT molecular complexity index is 946. The number of nitrogens with zero attached hydrogens (tertiary/aromatic N) is 2. The second kappa shape index (κ2) is 6.57. The first kappa shape index (κ1) is 19.8. The third kappa shape index (κ3) is 3.46. The summed E-state index contributed by atoms with van der Waals surface area (Å²) in [6.45, 7) is 13.5. The quantitative estimate of drug-likeness (QED) is 0.773. The number of Topliss-reactive ketones (excluding diaryl/α,β-unsaturated/α-hetero) is 1. The Morgan fingerprint density at radius 3 is 2.26 bits per heavy atom. The van der Waals surface area contributed by atoms with E-state index in [1.165, 1.54) is 11.6 Å². The van der Waals surface area contributed by atoms with Gasteiger partial charge in [0, 0.05) is 5.39 Å². The fourth-order valence-electron chi connectivity index (χ4n) is 3.20. The van der Waals surface area contributed by atoms with Crippen molar-refractivity contribution in [1.82, 2.24) is 9.78 Å². The number of hydrogen-bond acceptors (Lipinski definition) is 5. The maximum Gasteiger partial charge on any atom is 0.494 e. The molecule has 0 bridgehead atoms. The molecule has 2 heterocycles. The molecule has 2 aromatic rings. The minimum absolute atomic E-state index is 0.0204. The molecule has 0 amide bonds. The van der Waals surface area contributed by atoms with Crippen LogP contribution in [0.2, 0.25) is 0 Å². The van der Waals surface area contributed by atoms with Gasteiger partial charge in [-0.1, -0.05) is 26.0 Å². The predicted molar refractivity (Wildman–Crippen MR) is 106 cm³/mol. The van der Waals surface area contributed by atoms with Crippen LogP contribution in [0.25, 0.3) is 10.8 Å². The average Bonchev–Trinajstić information content (AvgIpc) is 2.77. The Balaban J connectivity index is 2.14. The summed E-state index contributed by atoms with van der Waals surface area (Å²) in [6, 6.07) is 5.57. The van der Waals surface area contributed by atoms with E-state index < -0.39 is 18.3 Å². The molecule has 0 aliphatic carbocycles. The molecule has 1 aliphatic heterocycles. The van der Waals surface area contributed by atoms with E-state index in [0.29, 0.717) is 5.39 Å². The van der Waals surface area contributed by atoms with Gasteiger partial charge < -0.3 is 9.31 Å². The highest BCUT2D eigenvalue weighted by molar-refractivity contribution is 6.62. The molecule has 1 fully saturated rings. The molecule has 1 aliphatic rings. The van der Waals surface area contributed by atoms with Crippen LogP contribution in [0.1, 0.15) is 60.1 Å². The van der Waals surface area contributed by atoms with E-state index in [1.54, 1.807) is 6.07 Å². The largest absolute Gasteiger partial charge is 0.494 e. The first-order valence-corrected chi connectivity index (χ1v) is 9.32. The SMILES string of the molecule is CC(=O)Cn1nc(C(C)C)c2cc(B3OC(C)(C)C(C)(C)O3)ccc2c1=O. The zero-order chi connectivity index (χ0) is 20.1. The van der Waals surface area contributed by atoms with Crippen LogP contribution in [0.4, 0.5) is 0 Å². The van der Waals surface area contributed by atoms with E-state index in [4.69, 9.17) is 9.31 Å². The fourth-order valence-corrected chi connectivity index (χ4v) is 3.20. The average molecular weight is 370 g/mol. The van der Waals surface area contributed by atoms with Crippen LogP contribution in [-0.4, -0.2) is 33.9 Å². The number of carbonyl (C=O) groups excluding carboxylic acids is 1. The summed E-state index contributed by atoms with van der Waals surface area (Å²) in [5.74, 6) is -0.00708. The van der Waals surface area contributed by atoms with E-state index >= 15 is 0 Å². The maximum absolute atomic E-state index is 12.8. The molecule has 1 aromatic heterocycles. The zero-order valence-corrected chi connectivity index (χ0v) is 17.1. The van der Waals surface area contributed by atoms with Gasteiger partial charge in [0.2, 0.25) is 0 Å². The van der Waals surface area contributed by atoms with Crippen molar-refractivity contribution >= 4 is 29.1 Å². The van der Waals surface area contributed by atoms with Crippen LogP contribution in [0, 0.1) is 0 Å². The van der Waals surface area contributed by atoms with Gasteiger partial charge in [0.25, 0.3) is 5.56 Å². The van der Waals surface area contributed by atoms with E-state index in [1.807, 2.05) is 53.7 Å². The second-order valence-corrected chi connectivity index (χ2v) is 8.60. The number of hydrogen-bond donors (Lipinski definition) is 0. The lowest BCUT2D eigenvalue weighted by Crippen LogP contribution is -2.41. The van der Waals surface area contributed by atoms with Crippen LogP contribution >= 0.6 is 0 Å². The van der Waals surface area contributed by atoms with E-state index in [9.17, 15) is 9.59 Å². The van der Waals surface area contributed by atoms with Crippen molar-refractivity contribution in [2.75, 3.05) is 0 Å². The lowest BCUT2D eigenvalue weighted by Gasteiger charge is -2.32. The van der Waals surface area contributed by atoms with Gasteiger partial charge in [0.05, 0.1) is 22.3 Å². The molecule has 27 heavy (non-hydrogen) atoms. The van der Waals surface area contributed by atoms with Crippen LogP contribution < -0.4 is 11.0 Å². The smallest absolute Gasteiger partial charge is 0.399 e. The van der Waals surface area contributed by atoms with Crippen molar-refractivity contribution in [3.63, 3.8) is 0 Å². The van der Waals surface area contributed by atoms with Gasteiger partial charge >= 0.3 is 7.12 Å². The van der Waals surface area contributed by atoms with Crippen LogP contribution in [0.15, 0.2) is 23.0 Å². The molecule has 7 heteroatoms.